The summed E-state index contributed by atoms with van der Waals surface area (Å²) >= 11 is 5.92. The number of nitrogens with zero attached hydrogens (tertiary/aromatic N) is 2. The van der Waals surface area contributed by atoms with Crippen molar-refractivity contribution in [2.75, 3.05) is 5.32 Å². The van der Waals surface area contributed by atoms with Gasteiger partial charge >= 0.3 is 0 Å². The molecule has 1 aliphatic rings. The predicted molar refractivity (Wildman–Crippen MR) is 74.1 cm³/mol. The molecule has 1 atom stereocenters. The van der Waals surface area contributed by atoms with E-state index in [4.69, 9.17) is 11.6 Å². The number of halogens is 1. The predicted octanol–water partition coefficient (Wildman–Crippen LogP) is 3.72. The first-order valence-corrected chi connectivity index (χ1v) is 6.66. The van der Waals surface area contributed by atoms with Crippen LogP contribution in [0.1, 0.15) is 31.4 Å². The van der Waals surface area contributed by atoms with E-state index in [-0.39, 0.29) is 6.04 Å². The summed E-state index contributed by atoms with van der Waals surface area (Å²) in [6, 6.07) is 8.85. The van der Waals surface area contributed by atoms with Crippen molar-refractivity contribution in [3.05, 3.63) is 47.2 Å². The summed E-state index contributed by atoms with van der Waals surface area (Å²) in [5, 5.41) is 4.22. The summed E-state index contributed by atoms with van der Waals surface area (Å²) in [6.07, 6.45) is 6.37. The van der Waals surface area contributed by atoms with E-state index in [0.29, 0.717) is 6.04 Å². The van der Waals surface area contributed by atoms with Gasteiger partial charge in [-0.2, -0.15) is 0 Å². The third-order valence-corrected chi connectivity index (χ3v) is 3.60. The highest BCUT2D eigenvalue weighted by atomic mass is 35.5. The first-order chi connectivity index (χ1) is 8.74. The molecule has 0 aliphatic heterocycles. The highest BCUT2D eigenvalue weighted by Gasteiger charge is 2.23. The quantitative estimate of drug-likeness (QED) is 0.909. The maximum absolute atomic E-state index is 5.92. The van der Waals surface area contributed by atoms with E-state index in [1.165, 1.54) is 18.4 Å². The second kappa shape index (κ2) is 4.65. The monoisotopic (exact) mass is 261 g/mol. The van der Waals surface area contributed by atoms with E-state index >= 15 is 0 Å². The Bertz CT molecular complexity index is 528. The molecule has 1 aromatic carbocycles. The molecule has 1 fully saturated rings. The normalized spacial score (nSPS) is 16.6. The molecule has 2 aromatic rings. The molecule has 1 unspecified atom stereocenters. The van der Waals surface area contributed by atoms with Crippen LogP contribution >= 0.6 is 11.6 Å². The molecule has 1 aromatic heterocycles. The van der Waals surface area contributed by atoms with Gasteiger partial charge in [0.15, 0.2) is 0 Å². The summed E-state index contributed by atoms with van der Waals surface area (Å²) in [7, 11) is 0. The minimum Gasteiger partial charge on any atom is -0.353 e. The fraction of sp³-hybridized carbons (Fsp3) is 0.357. The SMILES string of the molecule is CC(c1ccc(Cl)cc1)n1ccnc1NC1CC1. The van der Waals surface area contributed by atoms with E-state index in [1.807, 2.05) is 24.5 Å². The molecule has 94 valence electrons. The van der Waals surface area contributed by atoms with Gasteiger partial charge in [0.25, 0.3) is 0 Å². The van der Waals surface area contributed by atoms with Gasteiger partial charge in [-0.25, -0.2) is 4.98 Å². The Kier molecular flexibility index (Phi) is 3.00. The van der Waals surface area contributed by atoms with E-state index in [0.717, 1.165) is 11.0 Å². The van der Waals surface area contributed by atoms with Crippen molar-refractivity contribution < 1.29 is 0 Å². The van der Waals surface area contributed by atoms with E-state index in [1.54, 1.807) is 0 Å². The zero-order valence-electron chi connectivity index (χ0n) is 10.3. The van der Waals surface area contributed by atoms with Crippen LogP contribution in [0.3, 0.4) is 0 Å². The van der Waals surface area contributed by atoms with Crippen LogP contribution in [0.5, 0.6) is 0 Å². The highest BCUT2D eigenvalue weighted by molar-refractivity contribution is 6.30. The topological polar surface area (TPSA) is 29.9 Å². The number of nitrogens with one attached hydrogen (secondary N) is 1. The lowest BCUT2D eigenvalue weighted by molar-refractivity contribution is 0.643. The van der Waals surface area contributed by atoms with Gasteiger partial charge in [0.05, 0.1) is 6.04 Å². The molecule has 0 radical (unpaired) electrons. The average Bonchev–Trinajstić information content (AvgIpc) is 3.06. The molecule has 0 bridgehead atoms. The smallest absolute Gasteiger partial charge is 0.203 e. The van der Waals surface area contributed by atoms with Crippen LogP contribution in [0.2, 0.25) is 5.02 Å². The summed E-state index contributed by atoms with van der Waals surface area (Å²) in [6.45, 7) is 2.17. The molecule has 0 spiro atoms. The Morgan fingerprint density at radius 3 is 2.72 bits per heavy atom. The molecule has 3 rings (SSSR count). The number of aromatic nitrogens is 2. The number of rotatable bonds is 4. The average molecular weight is 262 g/mol. The summed E-state index contributed by atoms with van der Waals surface area (Å²) in [5.74, 6) is 0.958. The maximum Gasteiger partial charge on any atom is 0.203 e. The van der Waals surface area contributed by atoms with Crippen molar-refractivity contribution in [1.29, 1.82) is 0 Å². The molecular formula is C14H16ClN3. The van der Waals surface area contributed by atoms with Crippen LogP contribution < -0.4 is 5.32 Å². The Morgan fingerprint density at radius 1 is 1.33 bits per heavy atom. The second-order valence-corrected chi connectivity index (χ2v) is 5.24. The standard InChI is InChI=1S/C14H16ClN3/c1-10(11-2-4-12(15)5-3-11)18-9-8-16-14(18)17-13-6-7-13/h2-5,8-10,13H,6-7H2,1H3,(H,16,17). The van der Waals surface area contributed by atoms with Crippen molar-refractivity contribution in [1.82, 2.24) is 9.55 Å². The molecule has 1 aliphatic carbocycles. The lowest BCUT2D eigenvalue weighted by Gasteiger charge is -2.17. The minimum atomic E-state index is 0.256. The van der Waals surface area contributed by atoms with Gasteiger partial charge in [-0.1, -0.05) is 23.7 Å². The third kappa shape index (κ3) is 2.36. The second-order valence-electron chi connectivity index (χ2n) is 4.80. The summed E-state index contributed by atoms with van der Waals surface area (Å²) in [5.41, 5.74) is 1.23. The molecular weight excluding hydrogens is 246 g/mol. The molecule has 1 saturated carbocycles. The van der Waals surface area contributed by atoms with Crippen LogP contribution in [-0.2, 0) is 0 Å². The fourth-order valence-corrected chi connectivity index (χ4v) is 2.18. The number of imidazole rings is 1. The van der Waals surface area contributed by atoms with Crippen molar-refractivity contribution in [3.63, 3.8) is 0 Å². The van der Waals surface area contributed by atoms with Gasteiger partial charge < -0.3 is 9.88 Å². The van der Waals surface area contributed by atoms with Gasteiger partial charge in [-0.3, -0.25) is 0 Å². The van der Waals surface area contributed by atoms with Gasteiger partial charge in [-0.05, 0) is 37.5 Å². The van der Waals surface area contributed by atoms with E-state index < -0.39 is 0 Å². The molecule has 18 heavy (non-hydrogen) atoms. The first kappa shape index (κ1) is 11.6. The van der Waals surface area contributed by atoms with Crippen LogP contribution in [0.4, 0.5) is 5.95 Å². The lowest BCUT2D eigenvalue weighted by Crippen LogP contribution is -2.12. The number of hydrogen-bond acceptors (Lipinski definition) is 2. The Morgan fingerprint density at radius 2 is 2.06 bits per heavy atom. The Hall–Kier alpha value is -1.48. The van der Waals surface area contributed by atoms with Crippen LogP contribution in [0, 0.1) is 0 Å². The maximum atomic E-state index is 5.92. The highest BCUT2D eigenvalue weighted by Crippen LogP contribution is 2.27. The van der Waals surface area contributed by atoms with Crippen molar-refractivity contribution in [2.24, 2.45) is 0 Å². The van der Waals surface area contributed by atoms with Crippen LogP contribution in [0.25, 0.3) is 0 Å². The Balaban J connectivity index is 1.84. The van der Waals surface area contributed by atoms with Gasteiger partial charge in [-0.15, -0.1) is 0 Å². The number of hydrogen-bond donors (Lipinski definition) is 1. The number of benzene rings is 1. The number of anilines is 1. The largest absolute Gasteiger partial charge is 0.353 e. The van der Waals surface area contributed by atoms with E-state index in [9.17, 15) is 0 Å². The lowest BCUT2D eigenvalue weighted by atomic mass is 10.1. The Labute approximate surface area is 112 Å². The van der Waals surface area contributed by atoms with Crippen LogP contribution in [0.15, 0.2) is 36.7 Å². The van der Waals surface area contributed by atoms with Gasteiger partial charge in [0.1, 0.15) is 0 Å². The molecule has 0 amide bonds. The first-order valence-electron chi connectivity index (χ1n) is 6.29. The third-order valence-electron chi connectivity index (χ3n) is 3.35. The fourth-order valence-electron chi connectivity index (χ4n) is 2.05. The summed E-state index contributed by atoms with van der Waals surface area (Å²) < 4.78 is 2.17. The molecule has 1 heterocycles. The molecule has 1 N–H and O–H groups in total. The van der Waals surface area contributed by atoms with Gasteiger partial charge in [0.2, 0.25) is 5.95 Å². The van der Waals surface area contributed by atoms with Gasteiger partial charge in [0, 0.05) is 23.5 Å². The van der Waals surface area contributed by atoms with Crippen molar-refractivity contribution in [3.8, 4) is 0 Å². The summed E-state index contributed by atoms with van der Waals surface area (Å²) in [4.78, 5) is 4.39. The zero-order valence-corrected chi connectivity index (χ0v) is 11.1. The van der Waals surface area contributed by atoms with Crippen LogP contribution in [-0.4, -0.2) is 15.6 Å². The molecule has 4 heteroatoms. The molecule has 0 saturated heterocycles. The minimum absolute atomic E-state index is 0.256. The zero-order chi connectivity index (χ0) is 12.5. The van der Waals surface area contributed by atoms with Crippen molar-refractivity contribution >= 4 is 17.5 Å². The van der Waals surface area contributed by atoms with Crippen molar-refractivity contribution in [2.45, 2.75) is 31.8 Å². The van der Waals surface area contributed by atoms with E-state index in [2.05, 4.69) is 33.9 Å². The molecule has 3 nitrogen and oxygen atoms in total.